The van der Waals surface area contributed by atoms with Crippen LogP contribution in [-0.2, 0) is 15.7 Å². The molecule has 0 unspecified atom stereocenters. The Morgan fingerprint density at radius 1 is 1.22 bits per heavy atom. The highest BCUT2D eigenvalue weighted by Crippen LogP contribution is 2.31. The predicted molar refractivity (Wildman–Crippen MR) is 91.9 cm³/mol. The van der Waals surface area contributed by atoms with Crippen molar-refractivity contribution in [3.05, 3.63) is 23.0 Å². The number of carbonyl (C=O) groups is 1. The van der Waals surface area contributed by atoms with Crippen LogP contribution in [0.2, 0.25) is 0 Å². The molecule has 0 atom stereocenters. The van der Waals surface area contributed by atoms with Crippen molar-refractivity contribution in [2.45, 2.75) is 66.3 Å². The van der Waals surface area contributed by atoms with Crippen LogP contribution in [0.1, 0.15) is 70.2 Å². The number of aromatic nitrogens is 3. The maximum atomic E-state index is 12.5. The van der Waals surface area contributed by atoms with E-state index in [2.05, 4.69) is 46.6 Å². The number of aryl methyl sites for hydroxylation is 1. The molecule has 0 N–H and O–H groups in total. The van der Waals surface area contributed by atoms with Crippen LogP contribution in [0.3, 0.4) is 0 Å². The molecule has 0 aliphatic carbocycles. The largest absolute Gasteiger partial charge is 0.462 e. The lowest BCUT2D eigenvalue weighted by molar-refractivity contribution is 0.0528. The number of ether oxygens (including phenoxy) is 1. The van der Waals surface area contributed by atoms with Gasteiger partial charge in [0.15, 0.2) is 5.65 Å². The van der Waals surface area contributed by atoms with Gasteiger partial charge in [-0.3, -0.25) is 0 Å². The molecule has 2 aromatic heterocycles. The molecule has 0 aliphatic rings. The maximum absolute atomic E-state index is 12.5. The standard InChI is InChI=1S/C18H27N3O2/c1-9-23-16(22)12-10-13(17(3,4)5)19-15-14(12)11(2)20-21(15)18(6,7)8/h10H,9H2,1-8H3. The molecule has 2 heterocycles. The van der Waals surface area contributed by atoms with Crippen molar-refractivity contribution in [3.8, 4) is 0 Å². The summed E-state index contributed by atoms with van der Waals surface area (Å²) in [5, 5.41) is 5.42. The van der Waals surface area contributed by atoms with E-state index < -0.39 is 0 Å². The normalized spacial score (nSPS) is 12.7. The lowest BCUT2D eigenvalue weighted by Crippen LogP contribution is -2.24. The van der Waals surface area contributed by atoms with Crippen LogP contribution in [0, 0.1) is 6.92 Å². The van der Waals surface area contributed by atoms with Gasteiger partial charge in [-0.2, -0.15) is 5.10 Å². The molecule has 23 heavy (non-hydrogen) atoms. The quantitative estimate of drug-likeness (QED) is 0.786. The van der Waals surface area contributed by atoms with Gasteiger partial charge in [0, 0.05) is 11.1 Å². The minimum Gasteiger partial charge on any atom is -0.462 e. The number of carbonyl (C=O) groups excluding carboxylic acids is 1. The van der Waals surface area contributed by atoms with E-state index in [1.807, 2.05) is 24.6 Å². The van der Waals surface area contributed by atoms with Crippen LogP contribution in [0.5, 0.6) is 0 Å². The van der Waals surface area contributed by atoms with E-state index in [-0.39, 0.29) is 16.9 Å². The van der Waals surface area contributed by atoms with Gasteiger partial charge in [0.1, 0.15) is 0 Å². The monoisotopic (exact) mass is 317 g/mol. The van der Waals surface area contributed by atoms with Crippen molar-refractivity contribution in [2.24, 2.45) is 0 Å². The minimum absolute atomic E-state index is 0.170. The summed E-state index contributed by atoms with van der Waals surface area (Å²) >= 11 is 0. The molecule has 0 amide bonds. The van der Waals surface area contributed by atoms with Crippen molar-refractivity contribution >= 4 is 17.0 Å². The zero-order valence-electron chi connectivity index (χ0n) is 15.4. The molecule has 0 saturated carbocycles. The van der Waals surface area contributed by atoms with Crippen molar-refractivity contribution in [1.29, 1.82) is 0 Å². The molecule has 126 valence electrons. The summed E-state index contributed by atoms with van der Waals surface area (Å²) in [6, 6.07) is 1.85. The van der Waals surface area contributed by atoms with E-state index in [4.69, 9.17) is 9.72 Å². The van der Waals surface area contributed by atoms with Gasteiger partial charge < -0.3 is 4.74 Å². The van der Waals surface area contributed by atoms with Crippen LogP contribution in [0.4, 0.5) is 0 Å². The molecule has 0 radical (unpaired) electrons. The smallest absolute Gasteiger partial charge is 0.339 e. The Morgan fingerprint density at radius 2 is 1.83 bits per heavy atom. The van der Waals surface area contributed by atoms with E-state index in [0.29, 0.717) is 12.2 Å². The summed E-state index contributed by atoms with van der Waals surface area (Å²) < 4.78 is 7.15. The second-order valence-corrected chi connectivity index (χ2v) is 7.89. The van der Waals surface area contributed by atoms with Crippen LogP contribution >= 0.6 is 0 Å². The van der Waals surface area contributed by atoms with Crippen LogP contribution in [0.25, 0.3) is 11.0 Å². The average Bonchev–Trinajstić information content (AvgIpc) is 2.74. The Kier molecular flexibility index (Phi) is 4.26. The minimum atomic E-state index is -0.318. The van der Waals surface area contributed by atoms with Gasteiger partial charge in [0.2, 0.25) is 0 Å². The van der Waals surface area contributed by atoms with Crippen molar-refractivity contribution in [2.75, 3.05) is 6.61 Å². The molecule has 5 nitrogen and oxygen atoms in total. The summed E-state index contributed by atoms with van der Waals surface area (Å²) in [5.74, 6) is -0.318. The van der Waals surface area contributed by atoms with E-state index in [0.717, 1.165) is 22.4 Å². The van der Waals surface area contributed by atoms with Gasteiger partial charge >= 0.3 is 5.97 Å². The predicted octanol–water partition coefficient (Wildman–Crippen LogP) is 3.97. The molecular formula is C18H27N3O2. The summed E-state index contributed by atoms with van der Waals surface area (Å²) in [6.45, 7) is 16.6. The number of fused-ring (bicyclic) bond motifs is 1. The Hall–Kier alpha value is -1.91. The van der Waals surface area contributed by atoms with Crippen molar-refractivity contribution in [3.63, 3.8) is 0 Å². The molecule has 0 spiro atoms. The van der Waals surface area contributed by atoms with Gasteiger partial charge in [0.05, 0.1) is 28.8 Å². The molecular weight excluding hydrogens is 290 g/mol. The number of esters is 1. The second kappa shape index (κ2) is 5.62. The van der Waals surface area contributed by atoms with Gasteiger partial charge in [0.25, 0.3) is 0 Å². The third-order valence-electron chi connectivity index (χ3n) is 3.71. The molecule has 2 aromatic rings. The zero-order chi connectivity index (χ0) is 17.6. The van der Waals surface area contributed by atoms with E-state index in [1.165, 1.54) is 0 Å². The van der Waals surface area contributed by atoms with E-state index in [1.54, 1.807) is 0 Å². The number of hydrogen-bond donors (Lipinski definition) is 0. The summed E-state index contributed by atoms with van der Waals surface area (Å²) in [4.78, 5) is 17.3. The first-order chi connectivity index (χ1) is 10.5. The fourth-order valence-corrected chi connectivity index (χ4v) is 2.51. The van der Waals surface area contributed by atoms with Crippen molar-refractivity contribution < 1.29 is 9.53 Å². The van der Waals surface area contributed by atoms with Gasteiger partial charge in [-0.1, -0.05) is 20.8 Å². The molecule has 0 fully saturated rings. The zero-order valence-corrected chi connectivity index (χ0v) is 15.4. The Balaban J connectivity index is 2.88. The maximum Gasteiger partial charge on any atom is 0.339 e. The fourth-order valence-electron chi connectivity index (χ4n) is 2.51. The summed E-state index contributed by atoms with van der Waals surface area (Å²) in [5.41, 5.74) is 2.56. The highest BCUT2D eigenvalue weighted by atomic mass is 16.5. The molecule has 5 heteroatoms. The van der Waals surface area contributed by atoms with Gasteiger partial charge in [-0.25, -0.2) is 14.5 Å². The lowest BCUT2D eigenvalue weighted by Gasteiger charge is -2.22. The third-order valence-corrected chi connectivity index (χ3v) is 3.71. The Labute approximate surface area is 138 Å². The molecule has 2 rings (SSSR count). The average molecular weight is 317 g/mol. The van der Waals surface area contributed by atoms with Gasteiger partial charge in [-0.05, 0) is 40.7 Å². The third kappa shape index (κ3) is 3.23. The van der Waals surface area contributed by atoms with Crippen LogP contribution < -0.4 is 0 Å². The molecule has 0 aliphatic heterocycles. The lowest BCUT2D eigenvalue weighted by atomic mass is 9.90. The van der Waals surface area contributed by atoms with Crippen LogP contribution in [-0.4, -0.2) is 27.3 Å². The second-order valence-electron chi connectivity index (χ2n) is 7.89. The number of pyridine rings is 1. The first-order valence-corrected chi connectivity index (χ1v) is 8.05. The summed E-state index contributed by atoms with van der Waals surface area (Å²) in [6.07, 6.45) is 0. The number of nitrogens with zero attached hydrogens (tertiary/aromatic N) is 3. The fraction of sp³-hybridized carbons (Fsp3) is 0.611. The topological polar surface area (TPSA) is 57.0 Å². The summed E-state index contributed by atoms with van der Waals surface area (Å²) in [7, 11) is 0. The van der Waals surface area contributed by atoms with E-state index in [9.17, 15) is 4.79 Å². The number of rotatable bonds is 2. The highest BCUT2D eigenvalue weighted by molar-refractivity contribution is 6.04. The Bertz CT molecular complexity index is 746. The molecule has 0 aromatic carbocycles. The highest BCUT2D eigenvalue weighted by Gasteiger charge is 2.27. The van der Waals surface area contributed by atoms with Crippen LogP contribution in [0.15, 0.2) is 6.07 Å². The van der Waals surface area contributed by atoms with Crippen molar-refractivity contribution in [1.82, 2.24) is 14.8 Å². The number of hydrogen-bond acceptors (Lipinski definition) is 4. The first-order valence-electron chi connectivity index (χ1n) is 8.05. The Morgan fingerprint density at radius 3 is 2.30 bits per heavy atom. The SMILES string of the molecule is CCOC(=O)c1cc(C(C)(C)C)nc2c1c(C)nn2C(C)(C)C. The molecule has 0 bridgehead atoms. The van der Waals surface area contributed by atoms with Gasteiger partial charge in [-0.15, -0.1) is 0 Å². The molecule has 0 saturated heterocycles. The first kappa shape index (κ1) is 17.4. The van der Waals surface area contributed by atoms with E-state index >= 15 is 0 Å².